The zero-order valence-corrected chi connectivity index (χ0v) is 20.1. The van der Waals surface area contributed by atoms with Crippen LogP contribution in [0.3, 0.4) is 0 Å². The first-order valence-electron chi connectivity index (χ1n) is 12.2. The third-order valence-electron chi connectivity index (χ3n) is 6.37. The number of hydrogen-bond acceptors (Lipinski definition) is 10. The highest BCUT2D eigenvalue weighted by Crippen LogP contribution is 2.33. The van der Waals surface area contributed by atoms with Crippen LogP contribution in [0.2, 0.25) is 0 Å². The maximum atomic E-state index is 6.52. The Morgan fingerprint density at radius 2 is 1.83 bits per heavy atom. The van der Waals surface area contributed by atoms with Gasteiger partial charge in [0.05, 0.1) is 31.4 Å². The molecule has 0 bridgehead atoms. The number of aromatic nitrogens is 4. The number of benzene rings is 1. The van der Waals surface area contributed by atoms with Crippen molar-refractivity contribution in [1.82, 2.24) is 19.9 Å². The van der Waals surface area contributed by atoms with Gasteiger partial charge >= 0.3 is 0 Å². The van der Waals surface area contributed by atoms with Crippen molar-refractivity contribution in [2.75, 3.05) is 56.8 Å². The summed E-state index contributed by atoms with van der Waals surface area (Å²) < 4.78 is 22.6. The van der Waals surface area contributed by atoms with E-state index in [1.165, 1.54) is 0 Å². The number of nitrogens with zero attached hydrogens (tertiary/aromatic N) is 5. The number of ether oxygens (including phenoxy) is 4. The lowest BCUT2D eigenvalue weighted by molar-refractivity contribution is 0.122. The van der Waals surface area contributed by atoms with Crippen molar-refractivity contribution in [2.24, 2.45) is 0 Å². The van der Waals surface area contributed by atoms with Crippen molar-refractivity contribution in [3.8, 4) is 11.6 Å². The molecule has 0 atom stereocenters. The highest BCUT2D eigenvalue weighted by Gasteiger charge is 2.25. The minimum Gasteiger partial charge on any atom is -0.488 e. The van der Waals surface area contributed by atoms with Gasteiger partial charge in [-0.25, -0.2) is 9.97 Å². The van der Waals surface area contributed by atoms with Crippen LogP contribution in [0, 0.1) is 0 Å². The zero-order chi connectivity index (χ0) is 23.9. The van der Waals surface area contributed by atoms with Gasteiger partial charge in [-0.1, -0.05) is 0 Å². The average Bonchev–Trinajstić information content (AvgIpc) is 2.91. The van der Waals surface area contributed by atoms with Crippen molar-refractivity contribution < 1.29 is 18.9 Å². The molecule has 35 heavy (non-hydrogen) atoms. The fourth-order valence-corrected chi connectivity index (χ4v) is 4.53. The summed E-state index contributed by atoms with van der Waals surface area (Å²) in [4.78, 5) is 20.2. The van der Waals surface area contributed by atoms with Crippen LogP contribution >= 0.6 is 0 Å². The lowest BCUT2D eigenvalue weighted by Crippen LogP contribution is -2.36. The molecule has 5 rings (SSSR count). The van der Waals surface area contributed by atoms with Crippen LogP contribution in [0.1, 0.15) is 25.7 Å². The van der Waals surface area contributed by atoms with Crippen LogP contribution in [0.25, 0.3) is 11.0 Å². The average molecular weight is 481 g/mol. The summed E-state index contributed by atoms with van der Waals surface area (Å²) in [5.41, 5.74) is 2.77. The SMILES string of the molecule is COCCOc1ccnc(NC2CCC(Oc3cc(N4CCOCC4)cc4nccnc34)CC2)n1. The molecule has 3 heterocycles. The second-order valence-corrected chi connectivity index (χ2v) is 8.76. The number of rotatable bonds is 9. The Morgan fingerprint density at radius 3 is 2.66 bits per heavy atom. The van der Waals surface area contributed by atoms with E-state index in [-0.39, 0.29) is 6.10 Å². The molecular formula is C25H32N6O4. The highest BCUT2D eigenvalue weighted by molar-refractivity contribution is 5.85. The molecule has 1 aliphatic heterocycles. The predicted octanol–water partition coefficient (Wildman–Crippen LogP) is 3.08. The fourth-order valence-electron chi connectivity index (χ4n) is 4.53. The van der Waals surface area contributed by atoms with Crippen molar-refractivity contribution >= 4 is 22.7 Å². The standard InChI is InChI=1S/C25H32N6O4/c1-32-14-15-34-23-6-7-28-25(30-23)29-18-2-4-20(5-3-18)35-22-17-19(31-10-12-33-13-11-31)16-21-24(22)27-9-8-26-21/h6-9,16-18,20H,2-5,10-15H2,1H3,(H,28,29,30). The van der Waals surface area contributed by atoms with Crippen molar-refractivity contribution in [3.05, 3.63) is 36.8 Å². The van der Waals surface area contributed by atoms with Crippen LogP contribution < -0.4 is 19.7 Å². The first kappa shape index (κ1) is 23.5. The topological polar surface area (TPSA) is 104 Å². The molecule has 0 unspecified atom stereocenters. The third-order valence-corrected chi connectivity index (χ3v) is 6.37. The first-order chi connectivity index (χ1) is 17.3. The fraction of sp³-hybridized carbons (Fsp3) is 0.520. The maximum absolute atomic E-state index is 6.52. The van der Waals surface area contributed by atoms with Gasteiger partial charge in [0, 0.05) is 62.7 Å². The molecule has 186 valence electrons. The Balaban J connectivity index is 1.20. The number of nitrogens with one attached hydrogen (secondary N) is 1. The first-order valence-corrected chi connectivity index (χ1v) is 12.2. The Morgan fingerprint density at radius 1 is 1.00 bits per heavy atom. The smallest absolute Gasteiger partial charge is 0.226 e. The molecule has 2 aliphatic rings. The molecule has 1 saturated heterocycles. The van der Waals surface area contributed by atoms with Gasteiger partial charge in [-0.2, -0.15) is 4.98 Å². The molecule has 10 heteroatoms. The lowest BCUT2D eigenvalue weighted by Gasteiger charge is -2.31. The van der Waals surface area contributed by atoms with E-state index in [1.54, 1.807) is 31.8 Å². The minimum absolute atomic E-state index is 0.128. The number of fused-ring (bicyclic) bond motifs is 1. The van der Waals surface area contributed by atoms with Gasteiger partial charge in [0.1, 0.15) is 17.9 Å². The number of methoxy groups -OCH3 is 1. The summed E-state index contributed by atoms with van der Waals surface area (Å²) in [6, 6.07) is 6.24. The van der Waals surface area contributed by atoms with Gasteiger partial charge in [0.2, 0.25) is 11.8 Å². The summed E-state index contributed by atoms with van der Waals surface area (Å²) in [7, 11) is 1.65. The Labute approximate surface area is 205 Å². The number of morpholine rings is 1. The second-order valence-electron chi connectivity index (χ2n) is 8.76. The maximum Gasteiger partial charge on any atom is 0.226 e. The second kappa shape index (κ2) is 11.5. The van der Waals surface area contributed by atoms with E-state index in [1.807, 2.05) is 0 Å². The highest BCUT2D eigenvalue weighted by atomic mass is 16.5. The van der Waals surface area contributed by atoms with E-state index in [4.69, 9.17) is 18.9 Å². The lowest BCUT2D eigenvalue weighted by atomic mass is 9.93. The minimum atomic E-state index is 0.128. The summed E-state index contributed by atoms with van der Waals surface area (Å²) in [6.45, 7) is 4.18. The van der Waals surface area contributed by atoms with Gasteiger partial charge in [-0.05, 0) is 31.7 Å². The van der Waals surface area contributed by atoms with Crippen molar-refractivity contribution in [3.63, 3.8) is 0 Å². The summed E-state index contributed by atoms with van der Waals surface area (Å²) in [5.74, 6) is 1.94. The van der Waals surface area contributed by atoms with Gasteiger partial charge in [0.15, 0.2) is 0 Å². The van der Waals surface area contributed by atoms with Crippen LogP contribution in [-0.4, -0.2) is 78.7 Å². The normalized spacial score (nSPS) is 20.5. The molecular weight excluding hydrogens is 448 g/mol. The Bertz CT molecular complexity index is 1100. The number of hydrogen-bond donors (Lipinski definition) is 1. The van der Waals surface area contributed by atoms with E-state index < -0.39 is 0 Å². The van der Waals surface area contributed by atoms with E-state index in [9.17, 15) is 0 Å². The molecule has 1 N–H and O–H groups in total. The molecule has 1 saturated carbocycles. The van der Waals surface area contributed by atoms with Crippen LogP contribution in [0.15, 0.2) is 36.8 Å². The zero-order valence-electron chi connectivity index (χ0n) is 20.1. The molecule has 2 fully saturated rings. The molecule has 1 aliphatic carbocycles. The van der Waals surface area contributed by atoms with Gasteiger partial charge < -0.3 is 29.2 Å². The van der Waals surface area contributed by atoms with Gasteiger partial charge in [-0.3, -0.25) is 4.98 Å². The van der Waals surface area contributed by atoms with E-state index >= 15 is 0 Å². The molecule has 10 nitrogen and oxygen atoms in total. The monoisotopic (exact) mass is 480 g/mol. The molecule has 1 aromatic carbocycles. The largest absolute Gasteiger partial charge is 0.488 e. The van der Waals surface area contributed by atoms with Crippen molar-refractivity contribution in [1.29, 1.82) is 0 Å². The summed E-state index contributed by atoms with van der Waals surface area (Å²) in [6.07, 6.45) is 9.09. The van der Waals surface area contributed by atoms with Gasteiger partial charge in [-0.15, -0.1) is 0 Å². The van der Waals surface area contributed by atoms with Crippen LogP contribution in [0.4, 0.5) is 11.6 Å². The van der Waals surface area contributed by atoms with E-state index in [2.05, 4.69) is 42.3 Å². The Kier molecular flexibility index (Phi) is 7.69. The van der Waals surface area contributed by atoms with Gasteiger partial charge in [0.25, 0.3) is 0 Å². The quantitative estimate of drug-likeness (QED) is 0.460. The summed E-state index contributed by atoms with van der Waals surface area (Å²) in [5, 5.41) is 3.45. The summed E-state index contributed by atoms with van der Waals surface area (Å²) >= 11 is 0. The molecule has 0 spiro atoms. The molecule has 0 amide bonds. The van der Waals surface area contributed by atoms with Crippen LogP contribution in [-0.2, 0) is 9.47 Å². The molecule has 2 aromatic heterocycles. The van der Waals surface area contributed by atoms with Crippen molar-refractivity contribution in [2.45, 2.75) is 37.8 Å². The Hall–Kier alpha value is -3.24. The molecule has 0 radical (unpaired) electrons. The van der Waals surface area contributed by atoms with E-state index in [0.717, 1.165) is 74.5 Å². The number of anilines is 2. The third kappa shape index (κ3) is 6.07. The molecule has 3 aromatic rings. The van der Waals surface area contributed by atoms with Crippen LogP contribution in [0.5, 0.6) is 11.6 Å². The van der Waals surface area contributed by atoms with E-state index in [0.29, 0.717) is 31.1 Å². The predicted molar refractivity (Wildman–Crippen MR) is 132 cm³/mol.